The first-order valence-electron chi connectivity index (χ1n) is 8.74. The molecule has 1 aliphatic rings. The summed E-state index contributed by atoms with van der Waals surface area (Å²) in [6.45, 7) is 2.51. The number of carbonyl (C=O) groups excluding carboxylic acids is 2. The summed E-state index contributed by atoms with van der Waals surface area (Å²) in [5.74, 6) is -0.630. The molecule has 1 atom stereocenters. The Morgan fingerprint density at radius 3 is 2.50 bits per heavy atom. The van der Waals surface area contributed by atoms with Gasteiger partial charge in [0.05, 0.1) is 5.92 Å². The fourth-order valence-electron chi connectivity index (χ4n) is 3.15. The van der Waals surface area contributed by atoms with Crippen LogP contribution in [0.1, 0.15) is 28.8 Å². The summed E-state index contributed by atoms with van der Waals surface area (Å²) in [7, 11) is 0. The average molecular weight is 372 g/mol. The molecule has 0 radical (unpaired) electrons. The number of rotatable bonds is 4. The van der Waals surface area contributed by atoms with Crippen LogP contribution in [0.3, 0.4) is 0 Å². The molecule has 26 heavy (non-hydrogen) atoms. The summed E-state index contributed by atoms with van der Waals surface area (Å²) in [4.78, 5) is 26.8. The quantitative estimate of drug-likeness (QED) is 0.812. The predicted octanol–water partition coefficient (Wildman–Crippen LogP) is 3.01. The van der Waals surface area contributed by atoms with Gasteiger partial charge in [0.15, 0.2) is 0 Å². The number of likely N-dealkylation sites (tertiary alicyclic amines) is 1. The Balaban J connectivity index is 1.49. The van der Waals surface area contributed by atoms with Crippen LogP contribution in [0.2, 0.25) is 5.02 Å². The summed E-state index contributed by atoms with van der Waals surface area (Å²) < 4.78 is 0. The molecule has 6 heteroatoms. The number of hydrazine groups is 1. The Hall–Kier alpha value is -2.37. The first-order valence-corrected chi connectivity index (χ1v) is 9.11. The van der Waals surface area contributed by atoms with Gasteiger partial charge in [-0.1, -0.05) is 41.9 Å². The number of hydrogen-bond acceptors (Lipinski definition) is 3. The molecule has 0 spiro atoms. The highest BCUT2D eigenvalue weighted by Crippen LogP contribution is 2.18. The van der Waals surface area contributed by atoms with Crippen LogP contribution in [0.25, 0.3) is 0 Å². The summed E-state index contributed by atoms with van der Waals surface area (Å²) in [6, 6.07) is 16.7. The topological polar surface area (TPSA) is 61.4 Å². The molecule has 5 nitrogen and oxygen atoms in total. The van der Waals surface area contributed by atoms with E-state index in [4.69, 9.17) is 11.6 Å². The Morgan fingerprint density at radius 1 is 1.04 bits per heavy atom. The molecule has 0 aliphatic carbocycles. The van der Waals surface area contributed by atoms with Crippen LogP contribution >= 0.6 is 11.6 Å². The number of nitrogens with one attached hydrogen (secondary N) is 2. The number of amides is 2. The standard InChI is InChI=1S/C20H22ClN3O2/c21-18-10-8-16(9-11-18)19(25)22-23-20(26)17-7-4-12-24(14-17)13-15-5-2-1-3-6-15/h1-3,5-6,8-11,17H,4,7,12-14H2,(H,22,25)(H,23,26). The van der Waals surface area contributed by atoms with Crippen LogP contribution in [0.5, 0.6) is 0 Å². The number of nitrogens with zero attached hydrogens (tertiary/aromatic N) is 1. The van der Waals surface area contributed by atoms with Crippen molar-refractivity contribution in [2.24, 2.45) is 5.92 Å². The summed E-state index contributed by atoms with van der Waals surface area (Å²) in [6.07, 6.45) is 1.80. The van der Waals surface area contributed by atoms with Gasteiger partial charge < -0.3 is 0 Å². The zero-order chi connectivity index (χ0) is 18.4. The van der Waals surface area contributed by atoms with E-state index in [1.54, 1.807) is 24.3 Å². The fourth-order valence-corrected chi connectivity index (χ4v) is 3.27. The molecule has 2 aromatic carbocycles. The molecule has 2 aromatic rings. The van der Waals surface area contributed by atoms with Crippen LogP contribution in [-0.2, 0) is 11.3 Å². The molecule has 0 bridgehead atoms. The number of benzene rings is 2. The zero-order valence-corrected chi connectivity index (χ0v) is 15.2. The van der Waals surface area contributed by atoms with E-state index in [2.05, 4.69) is 27.9 Å². The lowest BCUT2D eigenvalue weighted by atomic mass is 9.97. The minimum Gasteiger partial charge on any atom is -0.298 e. The van der Waals surface area contributed by atoms with Gasteiger partial charge in [0.2, 0.25) is 5.91 Å². The average Bonchev–Trinajstić information content (AvgIpc) is 2.67. The molecule has 2 N–H and O–H groups in total. The molecule has 0 aromatic heterocycles. The van der Waals surface area contributed by atoms with Gasteiger partial charge in [0.25, 0.3) is 5.91 Å². The van der Waals surface area contributed by atoms with Crippen LogP contribution < -0.4 is 10.9 Å². The Morgan fingerprint density at radius 2 is 1.77 bits per heavy atom. The van der Waals surface area contributed by atoms with Crippen molar-refractivity contribution < 1.29 is 9.59 Å². The normalized spacial score (nSPS) is 17.5. The van der Waals surface area contributed by atoms with Gasteiger partial charge in [-0.15, -0.1) is 0 Å². The second-order valence-electron chi connectivity index (χ2n) is 6.51. The third kappa shape index (κ3) is 5.07. The second kappa shape index (κ2) is 8.83. The minimum absolute atomic E-state index is 0.127. The van der Waals surface area contributed by atoms with Gasteiger partial charge in [0.1, 0.15) is 0 Å². The maximum absolute atomic E-state index is 12.4. The van der Waals surface area contributed by atoms with Crippen LogP contribution in [-0.4, -0.2) is 29.8 Å². The van der Waals surface area contributed by atoms with E-state index in [0.29, 0.717) is 17.1 Å². The molecule has 1 saturated heterocycles. The van der Waals surface area contributed by atoms with Gasteiger partial charge in [0, 0.05) is 23.7 Å². The lowest BCUT2D eigenvalue weighted by Crippen LogP contribution is -2.48. The first kappa shape index (κ1) is 18.4. The molecule has 136 valence electrons. The van der Waals surface area contributed by atoms with Crippen LogP contribution in [0, 0.1) is 5.92 Å². The van der Waals surface area contributed by atoms with E-state index in [0.717, 1.165) is 25.9 Å². The van der Waals surface area contributed by atoms with Crippen molar-refractivity contribution in [1.29, 1.82) is 0 Å². The smallest absolute Gasteiger partial charge is 0.269 e. The Kier molecular flexibility index (Phi) is 6.26. The van der Waals surface area contributed by atoms with Crippen molar-refractivity contribution in [2.75, 3.05) is 13.1 Å². The van der Waals surface area contributed by atoms with E-state index in [9.17, 15) is 9.59 Å². The zero-order valence-electron chi connectivity index (χ0n) is 14.5. The van der Waals surface area contributed by atoms with E-state index < -0.39 is 0 Å². The van der Waals surface area contributed by atoms with Crippen molar-refractivity contribution in [3.8, 4) is 0 Å². The summed E-state index contributed by atoms with van der Waals surface area (Å²) >= 11 is 5.81. The van der Waals surface area contributed by atoms with Crippen molar-refractivity contribution in [3.05, 3.63) is 70.7 Å². The van der Waals surface area contributed by atoms with Crippen LogP contribution in [0.4, 0.5) is 0 Å². The Bertz CT molecular complexity index is 749. The monoisotopic (exact) mass is 371 g/mol. The first-order chi connectivity index (χ1) is 12.6. The molecule has 0 saturated carbocycles. The van der Waals surface area contributed by atoms with E-state index >= 15 is 0 Å². The maximum Gasteiger partial charge on any atom is 0.269 e. The molecule has 2 amide bonds. The van der Waals surface area contributed by atoms with Gasteiger partial charge in [-0.05, 0) is 49.2 Å². The largest absolute Gasteiger partial charge is 0.298 e. The molecule has 1 aliphatic heterocycles. The van der Waals surface area contributed by atoms with Crippen molar-refractivity contribution in [3.63, 3.8) is 0 Å². The Labute approximate surface area is 158 Å². The van der Waals surface area contributed by atoms with E-state index in [1.807, 2.05) is 18.2 Å². The lowest BCUT2D eigenvalue weighted by Gasteiger charge is -2.32. The fraction of sp³-hybridized carbons (Fsp3) is 0.300. The molecule has 1 fully saturated rings. The number of halogens is 1. The maximum atomic E-state index is 12.4. The van der Waals surface area contributed by atoms with E-state index in [1.165, 1.54) is 5.56 Å². The summed E-state index contributed by atoms with van der Waals surface area (Å²) in [5.41, 5.74) is 6.72. The van der Waals surface area contributed by atoms with Crippen molar-refractivity contribution >= 4 is 23.4 Å². The van der Waals surface area contributed by atoms with Crippen molar-refractivity contribution in [2.45, 2.75) is 19.4 Å². The highest BCUT2D eigenvalue weighted by atomic mass is 35.5. The molecular weight excluding hydrogens is 350 g/mol. The summed E-state index contributed by atoms with van der Waals surface area (Å²) in [5, 5.41) is 0.561. The third-order valence-corrected chi connectivity index (χ3v) is 4.78. The van der Waals surface area contributed by atoms with Gasteiger partial charge >= 0.3 is 0 Å². The van der Waals surface area contributed by atoms with E-state index in [-0.39, 0.29) is 17.7 Å². The number of hydrogen-bond donors (Lipinski definition) is 2. The SMILES string of the molecule is O=C(NNC(=O)C1CCCN(Cc2ccccc2)C1)c1ccc(Cl)cc1. The second-order valence-corrected chi connectivity index (χ2v) is 6.95. The highest BCUT2D eigenvalue weighted by molar-refractivity contribution is 6.30. The highest BCUT2D eigenvalue weighted by Gasteiger charge is 2.26. The number of carbonyl (C=O) groups is 2. The van der Waals surface area contributed by atoms with Gasteiger partial charge in [-0.25, -0.2) is 0 Å². The third-order valence-electron chi connectivity index (χ3n) is 4.53. The van der Waals surface area contributed by atoms with Gasteiger partial charge in [-0.2, -0.15) is 0 Å². The molecule has 1 unspecified atom stereocenters. The lowest BCUT2D eigenvalue weighted by molar-refractivity contribution is -0.127. The molecular formula is C20H22ClN3O2. The van der Waals surface area contributed by atoms with Crippen LogP contribution in [0.15, 0.2) is 54.6 Å². The molecule has 3 rings (SSSR count). The number of piperidine rings is 1. The van der Waals surface area contributed by atoms with Crippen molar-refractivity contribution in [1.82, 2.24) is 15.8 Å². The van der Waals surface area contributed by atoms with Gasteiger partial charge in [-0.3, -0.25) is 25.3 Å². The predicted molar refractivity (Wildman–Crippen MR) is 102 cm³/mol. The minimum atomic E-state index is -0.355. The molecule has 1 heterocycles.